The van der Waals surface area contributed by atoms with Gasteiger partial charge in [-0.05, 0) is 76.6 Å². The number of fused-ring (bicyclic) bond motifs is 1. The summed E-state index contributed by atoms with van der Waals surface area (Å²) in [5.74, 6) is 1.58. The molecule has 1 fully saturated rings. The molecule has 0 amide bonds. The van der Waals surface area contributed by atoms with Gasteiger partial charge in [0, 0.05) is 5.92 Å². The van der Waals surface area contributed by atoms with Crippen molar-refractivity contribution in [3.8, 4) is 0 Å². The zero-order valence-electron chi connectivity index (χ0n) is 16.5. The number of rotatable bonds is 9. The lowest BCUT2D eigenvalue weighted by Crippen LogP contribution is -2.17. The molecule has 0 aromatic heterocycles. The van der Waals surface area contributed by atoms with E-state index in [1.807, 2.05) is 0 Å². The van der Waals surface area contributed by atoms with Gasteiger partial charge in [0.2, 0.25) is 0 Å². The zero-order valence-corrected chi connectivity index (χ0v) is 16.5. The number of benzene rings is 1. The second-order valence-electron chi connectivity index (χ2n) is 8.47. The van der Waals surface area contributed by atoms with E-state index in [2.05, 4.69) is 67.6 Å². The third-order valence-electron chi connectivity index (χ3n) is 6.11. The van der Waals surface area contributed by atoms with E-state index in [9.17, 15) is 5.11 Å². The molecule has 2 nitrogen and oxygen atoms in total. The van der Waals surface area contributed by atoms with Crippen LogP contribution >= 0.6 is 0 Å². The third-order valence-corrected chi connectivity index (χ3v) is 6.11. The quantitative estimate of drug-likeness (QED) is 0.507. The van der Waals surface area contributed by atoms with Gasteiger partial charge in [0.05, 0.1) is 6.10 Å². The molecule has 3 rings (SSSR count). The van der Waals surface area contributed by atoms with Crippen molar-refractivity contribution in [2.45, 2.75) is 51.0 Å². The fraction of sp³-hybridized carbons (Fsp3) is 0.583. The Hall–Kier alpha value is -1.38. The summed E-state index contributed by atoms with van der Waals surface area (Å²) in [6.07, 6.45) is 15.2. The molecule has 1 saturated carbocycles. The predicted octanol–water partition coefficient (Wildman–Crippen LogP) is 4.85. The Bertz CT molecular complexity index is 604. The molecule has 26 heavy (non-hydrogen) atoms. The number of hydrogen-bond donors (Lipinski definition) is 1. The monoisotopic (exact) mass is 353 g/mol. The summed E-state index contributed by atoms with van der Waals surface area (Å²) in [4.78, 5) is 2.27. The maximum absolute atomic E-state index is 10.5. The highest BCUT2D eigenvalue weighted by Crippen LogP contribution is 2.48. The summed E-state index contributed by atoms with van der Waals surface area (Å²) < 4.78 is 0. The van der Waals surface area contributed by atoms with Crippen molar-refractivity contribution in [1.29, 1.82) is 0 Å². The second kappa shape index (κ2) is 9.53. The summed E-state index contributed by atoms with van der Waals surface area (Å²) >= 11 is 0. The van der Waals surface area contributed by atoms with Crippen LogP contribution in [0.4, 0.5) is 0 Å². The lowest BCUT2D eigenvalue weighted by molar-refractivity contribution is 0.141. The highest BCUT2D eigenvalue weighted by molar-refractivity contribution is 5.22. The molecule has 0 spiro atoms. The Labute approximate surface area is 159 Å². The number of aliphatic hydroxyl groups excluding tert-OH is 1. The van der Waals surface area contributed by atoms with Gasteiger partial charge in [-0.3, -0.25) is 0 Å². The Balaban J connectivity index is 1.45. The van der Waals surface area contributed by atoms with Crippen LogP contribution in [0, 0.1) is 17.8 Å². The van der Waals surface area contributed by atoms with Crippen LogP contribution in [0.5, 0.6) is 0 Å². The maximum atomic E-state index is 10.5. The molecule has 1 aromatic rings. The van der Waals surface area contributed by atoms with Gasteiger partial charge in [-0.25, -0.2) is 0 Å². The van der Waals surface area contributed by atoms with Crippen LogP contribution < -0.4 is 0 Å². The van der Waals surface area contributed by atoms with E-state index in [0.29, 0.717) is 17.8 Å². The molecule has 1 N–H and O–H groups in total. The summed E-state index contributed by atoms with van der Waals surface area (Å²) in [6, 6.07) is 10.6. The first-order valence-electron chi connectivity index (χ1n) is 10.4. The van der Waals surface area contributed by atoms with Crippen LogP contribution in [0.15, 0.2) is 54.1 Å². The SMILES string of the molecule is CN(C)CCCCCC1=C[C@H]2C[C@@H](O)[C@H](/C=C/Cc3ccccc3)[C@H]2C1. The minimum atomic E-state index is -0.157. The van der Waals surface area contributed by atoms with Crippen LogP contribution in [0.3, 0.4) is 0 Å². The van der Waals surface area contributed by atoms with Gasteiger partial charge in [-0.1, -0.05) is 60.6 Å². The highest BCUT2D eigenvalue weighted by atomic mass is 16.3. The van der Waals surface area contributed by atoms with E-state index in [1.54, 1.807) is 5.57 Å². The molecule has 142 valence electrons. The summed E-state index contributed by atoms with van der Waals surface area (Å²) in [6.45, 7) is 1.20. The van der Waals surface area contributed by atoms with Gasteiger partial charge in [-0.15, -0.1) is 0 Å². The first-order valence-corrected chi connectivity index (χ1v) is 10.4. The van der Waals surface area contributed by atoms with Crippen LogP contribution in [0.1, 0.15) is 44.1 Å². The van der Waals surface area contributed by atoms with Crippen molar-refractivity contribution in [2.75, 3.05) is 20.6 Å². The molecule has 0 unspecified atom stereocenters. The van der Waals surface area contributed by atoms with Gasteiger partial charge in [0.25, 0.3) is 0 Å². The van der Waals surface area contributed by atoms with Crippen molar-refractivity contribution in [3.05, 3.63) is 59.7 Å². The molecule has 4 atom stereocenters. The second-order valence-corrected chi connectivity index (χ2v) is 8.47. The lowest BCUT2D eigenvalue weighted by atomic mass is 9.88. The highest BCUT2D eigenvalue weighted by Gasteiger charge is 2.42. The Morgan fingerprint density at radius 1 is 1.12 bits per heavy atom. The largest absolute Gasteiger partial charge is 0.392 e. The van der Waals surface area contributed by atoms with E-state index in [4.69, 9.17) is 0 Å². The molecule has 0 radical (unpaired) electrons. The van der Waals surface area contributed by atoms with Gasteiger partial charge in [0.15, 0.2) is 0 Å². The van der Waals surface area contributed by atoms with Crippen LogP contribution in [-0.2, 0) is 6.42 Å². The fourth-order valence-electron chi connectivity index (χ4n) is 4.72. The average molecular weight is 354 g/mol. The number of hydrogen-bond acceptors (Lipinski definition) is 2. The van der Waals surface area contributed by atoms with E-state index < -0.39 is 0 Å². The van der Waals surface area contributed by atoms with Gasteiger partial charge in [0.1, 0.15) is 0 Å². The van der Waals surface area contributed by atoms with Crippen molar-refractivity contribution in [1.82, 2.24) is 4.90 Å². The normalized spacial score (nSPS) is 28.1. The molecule has 2 aliphatic carbocycles. The molecule has 0 aliphatic heterocycles. The first-order chi connectivity index (χ1) is 12.6. The van der Waals surface area contributed by atoms with E-state index in [1.165, 1.54) is 44.2 Å². The molecule has 0 saturated heterocycles. The average Bonchev–Trinajstić information content (AvgIpc) is 3.13. The summed E-state index contributed by atoms with van der Waals surface area (Å²) in [7, 11) is 4.30. The third kappa shape index (κ3) is 5.31. The molecule has 1 aromatic carbocycles. The molecule has 2 heteroatoms. The van der Waals surface area contributed by atoms with Crippen molar-refractivity contribution in [2.24, 2.45) is 17.8 Å². The minimum absolute atomic E-state index is 0.157. The Morgan fingerprint density at radius 2 is 1.92 bits per heavy atom. The van der Waals surface area contributed by atoms with Gasteiger partial charge < -0.3 is 10.0 Å². The van der Waals surface area contributed by atoms with Crippen molar-refractivity contribution >= 4 is 0 Å². The number of unbranched alkanes of at least 4 members (excludes halogenated alkanes) is 2. The predicted molar refractivity (Wildman–Crippen MR) is 110 cm³/mol. The molecule has 0 bridgehead atoms. The molecule has 2 aliphatic rings. The zero-order chi connectivity index (χ0) is 18.4. The van der Waals surface area contributed by atoms with E-state index >= 15 is 0 Å². The molecular weight excluding hydrogens is 318 g/mol. The fourth-order valence-corrected chi connectivity index (χ4v) is 4.72. The van der Waals surface area contributed by atoms with Crippen molar-refractivity contribution < 1.29 is 5.11 Å². The maximum Gasteiger partial charge on any atom is 0.0611 e. The topological polar surface area (TPSA) is 23.5 Å². The van der Waals surface area contributed by atoms with Crippen LogP contribution in [0.2, 0.25) is 0 Å². The van der Waals surface area contributed by atoms with Gasteiger partial charge in [-0.2, -0.15) is 0 Å². The standard InChI is InChI=1S/C24H35NO/c1-25(2)15-8-4-7-12-20-16-21-18-24(26)22(23(21)17-20)14-9-13-19-10-5-3-6-11-19/h3,5-6,9-11,14,16,21-24,26H,4,7-8,12-13,15,17-18H2,1-2H3/b14-9+/t21-,22+,23-,24+/m0/s1. The number of allylic oxidation sites excluding steroid dienone is 3. The lowest BCUT2D eigenvalue weighted by Gasteiger charge is -2.18. The smallest absolute Gasteiger partial charge is 0.0611 e. The van der Waals surface area contributed by atoms with E-state index in [-0.39, 0.29) is 6.10 Å². The number of aliphatic hydroxyl groups is 1. The molecule has 0 heterocycles. The Morgan fingerprint density at radius 3 is 2.69 bits per heavy atom. The summed E-state index contributed by atoms with van der Waals surface area (Å²) in [5, 5.41) is 10.5. The number of nitrogens with zero attached hydrogens (tertiary/aromatic N) is 1. The summed E-state index contributed by atoms with van der Waals surface area (Å²) in [5.41, 5.74) is 2.99. The van der Waals surface area contributed by atoms with Crippen molar-refractivity contribution in [3.63, 3.8) is 0 Å². The Kier molecular flexibility index (Phi) is 7.10. The first kappa shape index (κ1) is 19.4. The van der Waals surface area contributed by atoms with Gasteiger partial charge >= 0.3 is 0 Å². The van der Waals surface area contributed by atoms with E-state index in [0.717, 1.165) is 12.8 Å². The molecular formula is C24H35NO. The van der Waals surface area contributed by atoms with Crippen LogP contribution in [0.25, 0.3) is 0 Å². The minimum Gasteiger partial charge on any atom is -0.392 e. The van der Waals surface area contributed by atoms with Crippen LogP contribution in [-0.4, -0.2) is 36.8 Å².